The predicted molar refractivity (Wildman–Crippen MR) is 108 cm³/mol. The van der Waals surface area contributed by atoms with Crippen LogP contribution < -0.4 is 10.5 Å². The summed E-state index contributed by atoms with van der Waals surface area (Å²) < 4.78 is 57.4. The van der Waals surface area contributed by atoms with Gasteiger partial charge in [0.2, 0.25) is 5.95 Å². The van der Waals surface area contributed by atoms with Crippen molar-refractivity contribution in [2.45, 2.75) is 24.5 Å². The summed E-state index contributed by atoms with van der Waals surface area (Å²) in [7, 11) is 1.46. The summed E-state index contributed by atoms with van der Waals surface area (Å²) in [6, 6.07) is 6.52. The largest absolute Gasteiger partial charge is 0.435 e. The van der Waals surface area contributed by atoms with E-state index < -0.39 is 35.7 Å². The summed E-state index contributed by atoms with van der Waals surface area (Å²) in [5.74, 6) is -2.72. The molecule has 0 spiro atoms. The minimum Gasteiger partial charge on any atom is -0.435 e. The number of alkyl halides is 2. The number of carbonyl (C=O) groups is 1. The summed E-state index contributed by atoms with van der Waals surface area (Å²) in [4.78, 5) is 22.3. The van der Waals surface area contributed by atoms with Crippen molar-refractivity contribution in [2.75, 3.05) is 7.05 Å². The first kappa shape index (κ1) is 21.5. The van der Waals surface area contributed by atoms with Crippen LogP contribution in [0.2, 0.25) is 0 Å². The zero-order valence-corrected chi connectivity index (χ0v) is 16.8. The van der Waals surface area contributed by atoms with E-state index in [0.717, 1.165) is 12.3 Å². The highest BCUT2D eigenvalue weighted by atomic mass is 19.3. The highest BCUT2D eigenvalue weighted by Crippen LogP contribution is 2.44. The standard InChI is InChI=1S/C22H18F4N4O2/c1-30-19(31)22(29-21(30)27,13-5-7-16(8-6-13)32-20(25)26)14-4-2-3-12(9-14)17-10-15(23)11-28-18(17)24/h2,4-12,20H,3H2,1H3,(H2,27,29)/t12?,22-/m1/s1. The number of aliphatic imine (C=N–C) groups is 1. The number of pyridine rings is 1. The third-order valence-corrected chi connectivity index (χ3v) is 5.46. The molecule has 2 heterocycles. The van der Waals surface area contributed by atoms with Gasteiger partial charge in [0, 0.05) is 18.5 Å². The van der Waals surface area contributed by atoms with E-state index in [1.165, 1.54) is 36.2 Å². The highest BCUT2D eigenvalue weighted by Gasteiger charge is 2.50. The van der Waals surface area contributed by atoms with E-state index in [1.54, 1.807) is 18.2 Å². The van der Waals surface area contributed by atoms with Gasteiger partial charge in [0.1, 0.15) is 11.6 Å². The Labute approximate surface area is 180 Å². The van der Waals surface area contributed by atoms with Gasteiger partial charge in [0.25, 0.3) is 5.91 Å². The Morgan fingerprint density at radius 3 is 2.59 bits per heavy atom. The van der Waals surface area contributed by atoms with Crippen molar-refractivity contribution < 1.29 is 27.1 Å². The molecule has 2 N–H and O–H groups in total. The number of halogens is 4. The fourth-order valence-corrected chi connectivity index (χ4v) is 3.90. The molecule has 10 heteroatoms. The van der Waals surface area contributed by atoms with Crippen LogP contribution in [0.1, 0.15) is 23.5 Å². The summed E-state index contributed by atoms with van der Waals surface area (Å²) >= 11 is 0. The van der Waals surface area contributed by atoms with Gasteiger partial charge in [-0.1, -0.05) is 30.4 Å². The zero-order chi connectivity index (χ0) is 23.0. The number of ether oxygens (including phenoxy) is 1. The van der Waals surface area contributed by atoms with Crippen molar-refractivity contribution in [1.82, 2.24) is 9.88 Å². The quantitative estimate of drug-likeness (QED) is 0.562. The molecule has 4 rings (SSSR count). The van der Waals surface area contributed by atoms with Gasteiger partial charge < -0.3 is 10.5 Å². The minimum absolute atomic E-state index is 0.0402. The van der Waals surface area contributed by atoms with E-state index in [1.807, 2.05) is 0 Å². The molecule has 2 aliphatic rings. The number of aromatic nitrogens is 1. The van der Waals surface area contributed by atoms with Crippen LogP contribution in [0.15, 0.2) is 65.3 Å². The number of rotatable bonds is 5. The number of likely N-dealkylation sites (N-methyl/N-ethyl adjacent to an activating group) is 1. The SMILES string of the molecule is CN1C(=O)[C@](C2=CC(c3cc(F)cnc3F)CC=C2)(c2ccc(OC(F)F)cc2)N=C1N. The van der Waals surface area contributed by atoms with Crippen molar-refractivity contribution in [3.63, 3.8) is 0 Å². The van der Waals surface area contributed by atoms with Gasteiger partial charge in [-0.15, -0.1) is 0 Å². The average Bonchev–Trinajstić information content (AvgIpc) is 3.00. The first-order valence-electron chi connectivity index (χ1n) is 9.61. The van der Waals surface area contributed by atoms with E-state index in [2.05, 4.69) is 14.7 Å². The maximum absolute atomic E-state index is 14.3. The lowest BCUT2D eigenvalue weighted by Crippen LogP contribution is -2.41. The van der Waals surface area contributed by atoms with Gasteiger partial charge in [-0.05, 0) is 35.8 Å². The van der Waals surface area contributed by atoms with Crippen LogP contribution in [-0.2, 0) is 10.3 Å². The number of benzene rings is 1. The van der Waals surface area contributed by atoms with Gasteiger partial charge in [0.15, 0.2) is 11.5 Å². The third-order valence-electron chi connectivity index (χ3n) is 5.46. The summed E-state index contributed by atoms with van der Waals surface area (Å²) in [5.41, 5.74) is 5.10. The van der Waals surface area contributed by atoms with Crippen molar-refractivity contribution in [2.24, 2.45) is 10.7 Å². The topological polar surface area (TPSA) is 80.8 Å². The van der Waals surface area contributed by atoms with E-state index >= 15 is 0 Å². The molecule has 1 aliphatic carbocycles. The second-order valence-electron chi connectivity index (χ2n) is 7.35. The molecule has 0 saturated carbocycles. The summed E-state index contributed by atoms with van der Waals surface area (Å²) in [6.45, 7) is -3.00. The number of carbonyl (C=O) groups excluding carboxylic acids is 1. The monoisotopic (exact) mass is 446 g/mol. The number of nitrogens with zero attached hydrogens (tertiary/aromatic N) is 3. The molecule has 32 heavy (non-hydrogen) atoms. The first-order valence-corrected chi connectivity index (χ1v) is 9.61. The number of guanidine groups is 1. The molecule has 1 aromatic carbocycles. The molecule has 1 aliphatic heterocycles. The second-order valence-corrected chi connectivity index (χ2v) is 7.35. The Morgan fingerprint density at radius 1 is 1.25 bits per heavy atom. The van der Waals surface area contributed by atoms with Crippen LogP contribution in [0.25, 0.3) is 0 Å². The Hall–Kier alpha value is -3.69. The molecule has 6 nitrogen and oxygen atoms in total. The molecule has 0 fully saturated rings. The van der Waals surface area contributed by atoms with Crippen molar-refractivity contribution >= 4 is 11.9 Å². The third kappa shape index (κ3) is 3.61. The molecule has 1 amide bonds. The second kappa shape index (κ2) is 8.10. The predicted octanol–water partition coefficient (Wildman–Crippen LogP) is 3.61. The lowest BCUT2D eigenvalue weighted by molar-refractivity contribution is -0.129. The number of nitrogens with two attached hydrogens (primary N) is 1. The maximum atomic E-state index is 14.3. The van der Waals surface area contributed by atoms with Gasteiger partial charge in [-0.25, -0.2) is 14.4 Å². The zero-order valence-electron chi connectivity index (χ0n) is 16.8. The van der Waals surface area contributed by atoms with Crippen LogP contribution >= 0.6 is 0 Å². The summed E-state index contributed by atoms with van der Waals surface area (Å²) in [5, 5.41) is 0. The molecule has 166 valence electrons. The van der Waals surface area contributed by atoms with Crippen LogP contribution in [0.4, 0.5) is 17.6 Å². The Balaban J connectivity index is 1.83. The Morgan fingerprint density at radius 2 is 1.97 bits per heavy atom. The van der Waals surface area contributed by atoms with Crippen LogP contribution in [0, 0.1) is 11.8 Å². The van der Waals surface area contributed by atoms with Gasteiger partial charge in [-0.3, -0.25) is 9.69 Å². The van der Waals surface area contributed by atoms with Crippen LogP contribution in [0.3, 0.4) is 0 Å². The highest BCUT2D eigenvalue weighted by molar-refractivity contribution is 6.09. The fraction of sp³-hybridized carbons (Fsp3) is 0.227. The molecular formula is C22H18F4N4O2. The Kier molecular flexibility index (Phi) is 5.45. The summed E-state index contributed by atoms with van der Waals surface area (Å²) in [6.07, 6.45) is 6.15. The molecule has 1 unspecified atom stereocenters. The van der Waals surface area contributed by atoms with E-state index in [9.17, 15) is 22.4 Å². The fourth-order valence-electron chi connectivity index (χ4n) is 3.90. The van der Waals surface area contributed by atoms with Crippen LogP contribution in [-0.4, -0.2) is 35.4 Å². The molecule has 2 atom stereocenters. The normalized spacial score (nSPS) is 22.9. The number of hydrogen-bond acceptors (Lipinski definition) is 5. The van der Waals surface area contributed by atoms with Crippen molar-refractivity contribution in [3.05, 3.63) is 83.2 Å². The number of amides is 1. The van der Waals surface area contributed by atoms with Gasteiger partial charge in [0.05, 0.1) is 6.20 Å². The molecular weight excluding hydrogens is 428 g/mol. The van der Waals surface area contributed by atoms with E-state index in [0.29, 0.717) is 17.6 Å². The first-order chi connectivity index (χ1) is 15.2. The Bertz CT molecular complexity index is 1150. The lowest BCUT2D eigenvalue weighted by Gasteiger charge is -2.30. The van der Waals surface area contributed by atoms with Crippen LogP contribution in [0.5, 0.6) is 5.75 Å². The average molecular weight is 446 g/mol. The molecule has 0 saturated heterocycles. The maximum Gasteiger partial charge on any atom is 0.387 e. The van der Waals surface area contributed by atoms with Crippen molar-refractivity contribution in [1.29, 1.82) is 0 Å². The number of hydrogen-bond donors (Lipinski definition) is 1. The van der Waals surface area contributed by atoms with Gasteiger partial charge >= 0.3 is 6.61 Å². The van der Waals surface area contributed by atoms with E-state index in [-0.39, 0.29) is 17.3 Å². The lowest BCUT2D eigenvalue weighted by atomic mass is 9.77. The molecule has 2 aromatic rings. The molecule has 0 bridgehead atoms. The molecule has 1 aromatic heterocycles. The molecule has 0 radical (unpaired) electrons. The number of allylic oxidation sites excluding steroid dienone is 2. The minimum atomic E-state index is -3.00. The smallest absolute Gasteiger partial charge is 0.387 e. The van der Waals surface area contributed by atoms with Crippen molar-refractivity contribution in [3.8, 4) is 5.75 Å². The van der Waals surface area contributed by atoms with Gasteiger partial charge in [-0.2, -0.15) is 13.2 Å². The van der Waals surface area contributed by atoms with E-state index in [4.69, 9.17) is 5.73 Å².